The van der Waals surface area contributed by atoms with Crippen molar-refractivity contribution in [3.63, 3.8) is 0 Å². The number of hydrogen-bond donors (Lipinski definition) is 1. The first-order valence-corrected chi connectivity index (χ1v) is 4.26. The fourth-order valence-corrected chi connectivity index (χ4v) is 1.67. The monoisotopic (exact) mass is 168 g/mol. The van der Waals surface area contributed by atoms with E-state index in [1.165, 1.54) is 16.2 Å². The van der Waals surface area contributed by atoms with Crippen molar-refractivity contribution in [3.8, 4) is 0 Å². The van der Waals surface area contributed by atoms with E-state index in [1.54, 1.807) is 0 Å². The third-order valence-electron chi connectivity index (χ3n) is 2.31. The molecule has 1 N–H and O–H groups in total. The maximum Gasteiger partial charge on any atom is 0.137 e. The second kappa shape index (κ2) is 2.33. The van der Waals surface area contributed by atoms with Crippen molar-refractivity contribution < 1.29 is 0 Å². The Morgan fingerprint density at radius 2 is 1.92 bits per heavy atom. The number of H-pyrrole nitrogens is 1. The lowest BCUT2D eigenvalue weighted by molar-refractivity contribution is 1.34. The van der Waals surface area contributed by atoms with Crippen LogP contribution >= 0.6 is 0 Å². The fourth-order valence-electron chi connectivity index (χ4n) is 1.67. The van der Waals surface area contributed by atoms with Crippen molar-refractivity contribution in [2.75, 3.05) is 0 Å². The molecule has 0 saturated heterocycles. The SMILES string of the molecule is c1ccc2c(c1)cnc1[nH]ccc12. The zero-order valence-electron chi connectivity index (χ0n) is 6.99. The third kappa shape index (κ3) is 0.855. The number of hydrogen-bond acceptors (Lipinski definition) is 1. The molecule has 13 heavy (non-hydrogen) atoms. The first kappa shape index (κ1) is 6.66. The van der Waals surface area contributed by atoms with Crippen molar-refractivity contribution in [1.82, 2.24) is 9.97 Å². The molecule has 3 aromatic rings. The zero-order chi connectivity index (χ0) is 8.67. The molecule has 0 aliphatic carbocycles. The molecule has 0 atom stereocenters. The van der Waals surface area contributed by atoms with E-state index >= 15 is 0 Å². The Bertz CT molecular complexity index is 566. The molecule has 0 fully saturated rings. The minimum atomic E-state index is 0.957. The van der Waals surface area contributed by atoms with Crippen molar-refractivity contribution in [2.24, 2.45) is 0 Å². The molecule has 0 bridgehead atoms. The van der Waals surface area contributed by atoms with Crippen LogP contribution in [0.4, 0.5) is 0 Å². The maximum absolute atomic E-state index is 4.31. The van der Waals surface area contributed by atoms with Crippen LogP contribution in [0.5, 0.6) is 0 Å². The van der Waals surface area contributed by atoms with Crippen molar-refractivity contribution >= 4 is 21.8 Å². The summed E-state index contributed by atoms with van der Waals surface area (Å²) in [6.45, 7) is 0. The van der Waals surface area contributed by atoms with Crippen LogP contribution in [0, 0.1) is 0 Å². The normalized spacial score (nSPS) is 11.1. The summed E-state index contributed by atoms with van der Waals surface area (Å²) in [7, 11) is 0. The highest BCUT2D eigenvalue weighted by molar-refractivity contribution is 6.04. The highest BCUT2D eigenvalue weighted by Gasteiger charge is 1.99. The van der Waals surface area contributed by atoms with E-state index in [2.05, 4.69) is 34.2 Å². The molecule has 2 heterocycles. The lowest BCUT2D eigenvalue weighted by atomic mass is 10.1. The smallest absolute Gasteiger partial charge is 0.137 e. The Balaban J connectivity index is 2.65. The molecule has 0 aliphatic heterocycles. The summed E-state index contributed by atoms with van der Waals surface area (Å²) in [5.74, 6) is 0. The van der Waals surface area contributed by atoms with Crippen LogP contribution < -0.4 is 0 Å². The lowest BCUT2D eigenvalue weighted by Gasteiger charge is -1.96. The number of fused-ring (bicyclic) bond motifs is 3. The van der Waals surface area contributed by atoms with E-state index in [4.69, 9.17) is 0 Å². The van der Waals surface area contributed by atoms with Gasteiger partial charge in [-0.05, 0) is 11.5 Å². The molecule has 2 nitrogen and oxygen atoms in total. The molecular weight excluding hydrogens is 160 g/mol. The summed E-state index contributed by atoms with van der Waals surface area (Å²) in [4.78, 5) is 7.41. The van der Waals surface area contributed by atoms with E-state index < -0.39 is 0 Å². The van der Waals surface area contributed by atoms with Gasteiger partial charge < -0.3 is 4.98 Å². The van der Waals surface area contributed by atoms with Gasteiger partial charge in [-0.15, -0.1) is 0 Å². The van der Waals surface area contributed by atoms with Gasteiger partial charge in [0.1, 0.15) is 5.65 Å². The van der Waals surface area contributed by atoms with E-state index in [1.807, 2.05) is 18.5 Å². The van der Waals surface area contributed by atoms with Crippen LogP contribution in [0.15, 0.2) is 42.7 Å². The van der Waals surface area contributed by atoms with E-state index in [0.717, 1.165) is 5.65 Å². The molecule has 1 aromatic carbocycles. The molecule has 3 rings (SSSR count). The molecule has 0 unspecified atom stereocenters. The molecule has 0 amide bonds. The first-order valence-electron chi connectivity index (χ1n) is 4.26. The van der Waals surface area contributed by atoms with Gasteiger partial charge in [0.25, 0.3) is 0 Å². The minimum Gasteiger partial charge on any atom is -0.346 e. The van der Waals surface area contributed by atoms with Crippen LogP contribution in [0.2, 0.25) is 0 Å². The van der Waals surface area contributed by atoms with E-state index in [0.29, 0.717) is 0 Å². The molecular formula is C11H8N2. The zero-order valence-corrected chi connectivity index (χ0v) is 6.99. The van der Waals surface area contributed by atoms with E-state index in [9.17, 15) is 0 Å². The molecule has 2 aromatic heterocycles. The van der Waals surface area contributed by atoms with Crippen LogP contribution in [0.3, 0.4) is 0 Å². The van der Waals surface area contributed by atoms with Crippen LogP contribution in [0.25, 0.3) is 21.8 Å². The third-order valence-corrected chi connectivity index (χ3v) is 2.31. The average molecular weight is 168 g/mol. The average Bonchev–Trinajstić information content (AvgIpc) is 2.65. The minimum absolute atomic E-state index is 0.957. The summed E-state index contributed by atoms with van der Waals surface area (Å²) >= 11 is 0. The summed E-state index contributed by atoms with van der Waals surface area (Å²) in [5.41, 5.74) is 0.957. The summed E-state index contributed by atoms with van der Waals surface area (Å²) in [6.07, 6.45) is 3.82. The number of aromatic nitrogens is 2. The Morgan fingerprint density at radius 3 is 2.92 bits per heavy atom. The number of nitrogens with zero attached hydrogens (tertiary/aromatic N) is 1. The van der Waals surface area contributed by atoms with Gasteiger partial charge in [-0.3, -0.25) is 0 Å². The van der Waals surface area contributed by atoms with E-state index in [-0.39, 0.29) is 0 Å². The van der Waals surface area contributed by atoms with Gasteiger partial charge >= 0.3 is 0 Å². The van der Waals surface area contributed by atoms with Crippen molar-refractivity contribution in [1.29, 1.82) is 0 Å². The molecule has 2 heteroatoms. The lowest BCUT2D eigenvalue weighted by Crippen LogP contribution is -1.78. The number of aromatic amines is 1. The second-order valence-electron chi connectivity index (χ2n) is 3.09. The van der Waals surface area contributed by atoms with Gasteiger partial charge in [-0.1, -0.05) is 24.3 Å². The fraction of sp³-hybridized carbons (Fsp3) is 0. The Kier molecular flexibility index (Phi) is 1.19. The predicted molar refractivity (Wildman–Crippen MR) is 53.6 cm³/mol. The van der Waals surface area contributed by atoms with Gasteiger partial charge in [-0.2, -0.15) is 0 Å². The van der Waals surface area contributed by atoms with Crippen molar-refractivity contribution in [3.05, 3.63) is 42.7 Å². The Hall–Kier alpha value is -1.83. The Labute approximate surface area is 75.2 Å². The highest BCUT2D eigenvalue weighted by Crippen LogP contribution is 2.21. The maximum atomic E-state index is 4.31. The highest BCUT2D eigenvalue weighted by atomic mass is 14.8. The van der Waals surface area contributed by atoms with Gasteiger partial charge in [-0.25, -0.2) is 4.98 Å². The quantitative estimate of drug-likeness (QED) is 0.549. The van der Waals surface area contributed by atoms with Gasteiger partial charge in [0.15, 0.2) is 0 Å². The van der Waals surface area contributed by atoms with Gasteiger partial charge in [0.2, 0.25) is 0 Å². The Morgan fingerprint density at radius 1 is 1.00 bits per heavy atom. The second-order valence-corrected chi connectivity index (χ2v) is 3.09. The number of pyridine rings is 1. The molecule has 0 spiro atoms. The molecule has 0 radical (unpaired) electrons. The predicted octanol–water partition coefficient (Wildman–Crippen LogP) is 2.72. The van der Waals surface area contributed by atoms with Crippen molar-refractivity contribution in [2.45, 2.75) is 0 Å². The topological polar surface area (TPSA) is 28.7 Å². The van der Waals surface area contributed by atoms with Crippen LogP contribution in [0.1, 0.15) is 0 Å². The molecule has 0 aliphatic rings. The standard InChI is InChI=1S/C11H8N2/c1-2-4-9-8(3-1)7-13-11-10(9)5-6-12-11/h1-7H,(H,12,13). The van der Waals surface area contributed by atoms with Crippen LogP contribution in [-0.4, -0.2) is 9.97 Å². The first-order chi connectivity index (χ1) is 6.45. The number of nitrogens with one attached hydrogen (secondary N) is 1. The molecule has 62 valence electrons. The summed E-state index contributed by atoms with van der Waals surface area (Å²) in [5, 5.41) is 3.64. The number of rotatable bonds is 0. The van der Waals surface area contributed by atoms with Gasteiger partial charge in [0.05, 0.1) is 0 Å². The van der Waals surface area contributed by atoms with Crippen LogP contribution in [-0.2, 0) is 0 Å². The summed E-state index contributed by atoms with van der Waals surface area (Å²) < 4.78 is 0. The largest absolute Gasteiger partial charge is 0.346 e. The van der Waals surface area contributed by atoms with Gasteiger partial charge in [0, 0.05) is 23.2 Å². The number of benzene rings is 1. The molecule has 0 saturated carbocycles. The summed E-state index contributed by atoms with van der Waals surface area (Å²) in [6, 6.07) is 10.3.